The lowest BCUT2D eigenvalue weighted by Gasteiger charge is -2.39. The number of rotatable bonds is 1. The Balaban J connectivity index is 1.80. The van der Waals surface area contributed by atoms with Crippen molar-refractivity contribution in [3.05, 3.63) is 29.3 Å². The summed E-state index contributed by atoms with van der Waals surface area (Å²) in [6, 6.07) is 6.36. The zero-order valence-electron chi connectivity index (χ0n) is 12.7. The summed E-state index contributed by atoms with van der Waals surface area (Å²) in [7, 11) is 1.67. The molecule has 1 aromatic rings. The molecule has 2 aliphatic heterocycles. The van der Waals surface area contributed by atoms with Crippen LogP contribution in [0.2, 0.25) is 0 Å². The SMILES string of the molecule is COc1ccc2c(c1)C(C)N(C(=O)N1CCOCC1)CC2. The number of methoxy groups -OCH3 is 1. The van der Waals surface area contributed by atoms with Crippen LogP contribution in [0.3, 0.4) is 0 Å². The first-order valence-electron chi connectivity index (χ1n) is 7.51. The number of carbonyl (C=O) groups is 1. The number of ether oxygens (including phenoxy) is 2. The van der Waals surface area contributed by atoms with Gasteiger partial charge in [-0.3, -0.25) is 0 Å². The molecule has 2 heterocycles. The maximum atomic E-state index is 12.7. The van der Waals surface area contributed by atoms with E-state index in [0.29, 0.717) is 26.3 Å². The van der Waals surface area contributed by atoms with Gasteiger partial charge in [0.15, 0.2) is 0 Å². The highest BCUT2D eigenvalue weighted by Crippen LogP contribution is 2.32. The molecule has 0 radical (unpaired) electrons. The van der Waals surface area contributed by atoms with Gasteiger partial charge in [-0.05, 0) is 36.6 Å². The predicted molar refractivity (Wildman–Crippen MR) is 79.6 cm³/mol. The Hall–Kier alpha value is -1.75. The molecule has 0 spiro atoms. The fraction of sp³-hybridized carbons (Fsp3) is 0.562. The van der Waals surface area contributed by atoms with Gasteiger partial charge in [-0.15, -0.1) is 0 Å². The van der Waals surface area contributed by atoms with E-state index in [-0.39, 0.29) is 12.1 Å². The van der Waals surface area contributed by atoms with Gasteiger partial charge in [-0.25, -0.2) is 4.79 Å². The van der Waals surface area contributed by atoms with Crippen LogP contribution in [0, 0.1) is 0 Å². The van der Waals surface area contributed by atoms with Crippen molar-refractivity contribution in [3.63, 3.8) is 0 Å². The number of urea groups is 1. The summed E-state index contributed by atoms with van der Waals surface area (Å²) in [5.41, 5.74) is 2.51. The highest BCUT2D eigenvalue weighted by Gasteiger charge is 2.31. The zero-order chi connectivity index (χ0) is 14.8. The molecule has 1 saturated heterocycles. The summed E-state index contributed by atoms with van der Waals surface area (Å²) in [6.45, 7) is 5.52. The highest BCUT2D eigenvalue weighted by atomic mass is 16.5. The van der Waals surface area contributed by atoms with Crippen molar-refractivity contribution in [2.75, 3.05) is 40.0 Å². The highest BCUT2D eigenvalue weighted by molar-refractivity contribution is 5.75. The van der Waals surface area contributed by atoms with E-state index in [4.69, 9.17) is 9.47 Å². The van der Waals surface area contributed by atoms with Crippen molar-refractivity contribution < 1.29 is 14.3 Å². The summed E-state index contributed by atoms with van der Waals surface area (Å²) in [6.07, 6.45) is 0.903. The Morgan fingerprint density at radius 1 is 1.29 bits per heavy atom. The van der Waals surface area contributed by atoms with Crippen molar-refractivity contribution in [3.8, 4) is 5.75 Å². The molecular weight excluding hydrogens is 268 g/mol. The maximum absolute atomic E-state index is 12.7. The number of nitrogens with zero attached hydrogens (tertiary/aromatic N) is 2. The maximum Gasteiger partial charge on any atom is 0.320 e. The largest absolute Gasteiger partial charge is 0.497 e. The number of fused-ring (bicyclic) bond motifs is 1. The zero-order valence-corrected chi connectivity index (χ0v) is 12.7. The Bertz CT molecular complexity index is 526. The molecule has 2 amide bonds. The van der Waals surface area contributed by atoms with Crippen molar-refractivity contribution in [2.24, 2.45) is 0 Å². The minimum Gasteiger partial charge on any atom is -0.497 e. The van der Waals surface area contributed by atoms with Gasteiger partial charge in [0.1, 0.15) is 5.75 Å². The monoisotopic (exact) mass is 290 g/mol. The minimum atomic E-state index is 0.0826. The first-order valence-corrected chi connectivity index (χ1v) is 7.51. The van der Waals surface area contributed by atoms with Gasteiger partial charge in [0.05, 0.1) is 26.4 Å². The summed E-state index contributed by atoms with van der Waals surface area (Å²) in [5.74, 6) is 0.848. The lowest BCUT2D eigenvalue weighted by Crippen LogP contribution is -2.50. The molecule has 0 N–H and O–H groups in total. The molecular formula is C16H22N2O3. The molecule has 5 nitrogen and oxygen atoms in total. The second kappa shape index (κ2) is 5.93. The molecule has 0 saturated carbocycles. The molecule has 0 aliphatic carbocycles. The second-order valence-corrected chi connectivity index (χ2v) is 5.57. The molecule has 5 heteroatoms. The average molecular weight is 290 g/mol. The van der Waals surface area contributed by atoms with Crippen molar-refractivity contribution in [1.82, 2.24) is 9.80 Å². The van der Waals surface area contributed by atoms with Gasteiger partial charge in [-0.2, -0.15) is 0 Å². The third-order valence-electron chi connectivity index (χ3n) is 4.42. The van der Waals surface area contributed by atoms with Crippen LogP contribution in [0.25, 0.3) is 0 Å². The Morgan fingerprint density at radius 2 is 2.05 bits per heavy atom. The number of carbonyl (C=O) groups excluding carboxylic acids is 1. The quantitative estimate of drug-likeness (QED) is 0.795. The lowest BCUT2D eigenvalue weighted by molar-refractivity contribution is 0.0390. The van der Waals surface area contributed by atoms with Crippen molar-refractivity contribution in [2.45, 2.75) is 19.4 Å². The first-order chi connectivity index (χ1) is 10.2. The topological polar surface area (TPSA) is 42.0 Å². The molecule has 3 rings (SSSR count). The third kappa shape index (κ3) is 2.70. The summed E-state index contributed by atoms with van der Waals surface area (Å²) in [4.78, 5) is 16.6. The summed E-state index contributed by atoms with van der Waals surface area (Å²) in [5, 5.41) is 0. The van der Waals surface area contributed by atoms with Gasteiger partial charge in [0, 0.05) is 19.6 Å². The van der Waals surface area contributed by atoms with E-state index < -0.39 is 0 Å². The van der Waals surface area contributed by atoms with E-state index in [1.54, 1.807) is 7.11 Å². The first kappa shape index (κ1) is 14.2. The molecule has 1 atom stereocenters. The molecule has 114 valence electrons. The third-order valence-corrected chi connectivity index (χ3v) is 4.42. The molecule has 0 bridgehead atoms. The van der Waals surface area contributed by atoms with Crippen LogP contribution in [0.5, 0.6) is 5.75 Å². The molecule has 1 fully saturated rings. The van der Waals surface area contributed by atoms with E-state index >= 15 is 0 Å². The van der Waals surface area contributed by atoms with Crippen molar-refractivity contribution in [1.29, 1.82) is 0 Å². The normalized spacial score (nSPS) is 21.9. The number of hydrogen-bond acceptors (Lipinski definition) is 3. The smallest absolute Gasteiger partial charge is 0.320 e. The van der Waals surface area contributed by atoms with E-state index in [1.165, 1.54) is 11.1 Å². The van der Waals surface area contributed by atoms with Gasteiger partial charge in [0.25, 0.3) is 0 Å². The summed E-state index contributed by atoms with van der Waals surface area (Å²) < 4.78 is 10.6. The Kier molecular flexibility index (Phi) is 4.01. The van der Waals surface area contributed by atoms with Gasteiger partial charge >= 0.3 is 6.03 Å². The van der Waals surface area contributed by atoms with E-state index in [1.807, 2.05) is 15.9 Å². The number of benzene rings is 1. The van der Waals surface area contributed by atoms with Crippen LogP contribution in [-0.4, -0.2) is 55.8 Å². The number of amides is 2. The van der Waals surface area contributed by atoms with Crippen LogP contribution in [0.1, 0.15) is 24.1 Å². The van der Waals surface area contributed by atoms with Crippen LogP contribution >= 0.6 is 0 Å². The van der Waals surface area contributed by atoms with Crippen LogP contribution in [0.4, 0.5) is 4.79 Å². The molecule has 21 heavy (non-hydrogen) atoms. The number of morpholine rings is 1. The Morgan fingerprint density at radius 3 is 2.76 bits per heavy atom. The molecule has 1 unspecified atom stereocenters. The van der Waals surface area contributed by atoms with E-state index in [2.05, 4.69) is 19.1 Å². The fourth-order valence-electron chi connectivity index (χ4n) is 3.12. The van der Waals surface area contributed by atoms with Crippen LogP contribution in [-0.2, 0) is 11.2 Å². The van der Waals surface area contributed by atoms with Crippen LogP contribution in [0.15, 0.2) is 18.2 Å². The standard InChI is InChI=1S/C16H22N2O3/c1-12-15-11-14(20-2)4-3-13(15)5-6-18(12)16(19)17-7-9-21-10-8-17/h3-4,11-12H,5-10H2,1-2H3. The lowest BCUT2D eigenvalue weighted by atomic mass is 9.93. The fourth-order valence-corrected chi connectivity index (χ4v) is 3.12. The predicted octanol–water partition coefficient (Wildman–Crippen LogP) is 2.07. The average Bonchev–Trinajstić information content (AvgIpc) is 2.55. The van der Waals surface area contributed by atoms with Gasteiger partial charge < -0.3 is 19.3 Å². The van der Waals surface area contributed by atoms with Gasteiger partial charge in [-0.1, -0.05) is 6.07 Å². The molecule has 2 aliphatic rings. The van der Waals surface area contributed by atoms with Crippen LogP contribution < -0.4 is 4.74 Å². The molecule has 0 aromatic heterocycles. The minimum absolute atomic E-state index is 0.0826. The second-order valence-electron chi connectivity index (χ2n) is 5.57. The van der Waals surface area contributed by atoms with E-state index in [0.717, 1.165) is 18.7 Å². The van der Waals surface area contributed by atoms with Crippen molar-refractivity contribution >= 4 is 6.03 Å². The van der Waals surface area contributed by atoms with Gasteiger partial charge in [0.2, 0.25) is 0 Å². The summed E-state index contributed by atoms with van der Waals surface area (Å²) >= 11 is 0. The Labute approximate surface area is 125 Å². The molecule has 1 aromatic carbocycles. The van der Waals surface area contributed by atoms with E-state index in [9.17, 15) is 4.79 Å². The number of hydrogen-bond donors (Lipinski definition) is 0.